The number of hydrogen-bond acceptors (Lipinski definition) is 8. The fourth-order valence-electron chi connectivity index (χ4n) is 3.40. The Kier molecular flexibility index (Phi) is 6.72. The molecule has 0 aliphatic carbocycles. The molecule has 3 N–H and O–H groups in total. The largest absolute Gasteiger partial charge is 0.497 e. The van der Waals surface area contributed by atoms with Gasteiger partial charge >= 0.3 is 0 Å². The molecule has 0 saturated heterocycles. The molecule has 0 radical (unpaired) electrons. The van der Waals surface area contributed by atoms with Crippen LogP contribution in [-0.4, -0.2) is 28.1 Å². The van der Waals surface area contributed by atoms with Gasteiger partial charge in [0.15, 0.2) is 0 Å². The van der Waals surface area contributed by atoms with Crippen molar-refractivity contribution in [2.45, 2.75) is 27.2 Å². The maximum absolute atomic E-state index is 12.4. The van der Waals surface area contributed by atoms with Crippen molar-refractivity contribution in [1.29, 1.82) is 0 Å². The monoisotopic (exact) mass is 458 g/mol. The van der Waals surface area contributed by atoms with E-state index < -0.39 is 0 Å². The van der Waals surface area contributed by atoms with Gasteiger partial charge in [0.25, 0.3) is 0 Å². The molecule has 9 nitrogen and oxygen atoms in total. The molecule has 0 aliphatic rings. The number of benzene rings is 2. The maximum Gasteiger partial charge on any atom is 0.229 e. The predicted octanol–water partition coefficient (Wildman–Crippen LogP) is 5.07. The molecule has 0 bridgehead atoms. The number of carbonyl (C=O) groups excluding carboxylic acids is 1. The van der Waals surface area contributed by atoms with Gasteiger partial charge in [0.05, 0.1) is 19.2 Å². The Morgan fingerprint density at radius 1 is 0.912 bits per heavy atom. The highest BCUT2D eigenvalue weighted by atomic mass is 16.5. The van der Waals surface area contributed by atoms with E-state index in [0.29, 0.717) is 23.2 Å². The minimum Gasteiger partial charge on any atom is -0.497 e. The van der Waals surface area contributed by atoms with Crippen LogP contribution < -0.4 is 20.7 Å². The summed E-state index contributed by atoms with van der Waals surface area (Å²) in [6.45, 7) is 5.53. The number of methoxy groups -OCH3 is 1. The molecule has 174 valence electrons. The first-order chi connectivity index (χ1) is 16.4. The molecule has 0 unspecified atom stereocenters. The van der Waals surface area contributed by atoms with Crippen molar-refractivity contribution in [3.05, 3.63) is 77.3 Å². The quantitative estimate of drug-likeness (QED) is 0.335. The minimum absolute atomic E-state index is 0.133. The van der Waals surface area contributed by atoms with E-state index in [9.17, 15) is 4.79 Å². The smallest absolute Gasteiger partial charge is 0.229 e. The molecular weight excluding hydrogens is 432 g/mol. The third-order valence-electron chi connectivity index (χ3n) is 5.16. The van der Waals surface area contributed by atoms with Crippen LogP contribution in [0.15, 0.2) is 59.1 Å². The second-order valence-electron chi connectivity index (χ2n) is 7.80. The summed E-state index contributed by atoms with van der Waals surface area (Å²) < 4.78 is 10.3. The minimum atomic E-state index is -0.133. The molecule has 2 aromatic carbocycles. The summed E-state index contributed by atoms with van der Waals surface area (Å²) in [5.41, 5.74) is 4.73. The highest BCUT2D eigenvalue weighted by molar-refractivity contribution is 5.92. The Morgan fingerprint density at radius 2 is 1.56 bits per heavy atom. The van der Waals surface area contributed by atoms with Crippen molar-refractivity contribution in [3.8, 4) is 5.75 Å². The Labute approximate surface area is 197 Å². The average molecular weight is 459 g/mol. The summed E-state index contributed by atoms with van der Waals surface area (Å²) in [5.74, 6) is 2.45. The van der Waals surface area contributed by atoms with Crippen molar-refractivity contribution in [3.63, 3.8) is 0 Å². The Bertz CT molecular complexity index is 1260. The van der Waals surface area contributed by atoms with Crippen LogP contribution >= 0.6 is 0 Å². The number of aryl methyl sites for hydroxylation is 3. The molecule has 0 saturated carbocycles. The van der Waals surface area contributed by atoms with Gasteiger partial charge in [-0.3, -0.25) is 4.79 Å². The highest BCUT2D eigenvalue weighted by Crippen LogP contribution is 2.22. The molecule has 0 fully saturated rings. The Balaban J connectivity index is 1.39. The van der Waals surface area contributed by atoms with E-state index in [1.54, 1.807) is 14.0 Å². The van der Waals surface area contributed by atoms with Gasteiger partial charge < -0.3 is 25.2 Å². The lowest BCUT2D eigenvalue weighted by molar-refractivity contribution is -0.115. The van der Waals surface area contributed by atoms with Crippen LogP contribution in [-0.2, 0) is 11.2 Å². The van der Waals surface area contributed by atoms with Crippen LogP contribution in [0.2, 0.25) is 0 Å². The first-order valence-corrected chi connectivity index (χ1v) is 10.7. The molecule has 9 heteroatoms. The molecule has 2 aromatic heterocycles. The number of ether oxygens (including phenoxy) is 1. The number of aromatic nitrogens is 3. The van der Waals surface area contributed by atoms with E-state index in [1.165, 1.54) is 0 Å². The number of nitrogens with zero attached hydrogens (tertiary/aromatic N) is 3. The highest BCUT2D eigenvalue weighted by Gasteiger charge is 2.13. The van der Waals surface area contributed by atoms with Crippen LogP contribution in [0.4, 0.5) is 28.8 Å². The van der Waals surface area contributed by atoms with Crippen LogP contribution in [0, 0.1) is 20.8 Å². The Morgan fingerprint density at radius 3 is 2.21 bits per heavy atom. The van der Waals surface area contributed by atoms with Gasteiger partial charge in [0.2, 0.25) is 11.9 Å². The zero-order valence-corrected chi connectivity index (χ0v) is 19.5. The summed E-state index contributed by atoms with van der Waals surface area (Å²) >= 11 is 0. The van der Waals surface area contributed by atoms with Crippen molar-refractivity contribution in [1.82, 2.24) is 15.1 Å². The second-order valence-corrected chi connectivity index (χ2v) is 7.80. The van der Waals surface area contributed by atoms with Gasteiger partial charge in [-0.15, -0.1) is 0 Å². The molecule has 4 rings (SSSR count). The number of hydrogen-bond donors (Lipinski definition) is 3. The zero-order chi connectivity index (χ0) is 24.1. The lowest BCUT2D eigenvalue weighted by atomic mass is 10.1. The zero-order valence-electron chi connectivity index (χ0n) is 19.5. The molecule has 0 aliphatic heterocycles. The van der Waals surface area contributed by atoms with E-state index in [2.05, 4.69) is 31.1 Å². The number of rotatable bonds is 8. The normalized spacial score (nSPS) is 10.6. The van der Waals surface area contributed by atoms with Gasteiger partial charge in [-0.1, -0.05) is 5.16 Å². The second kappa shape index (κ2) is 10.0. The first-order valence-electron chi connectivity index (χ1n) is 10.7. The van der Waals surface area contributed by atoms with Gasteiger partial charge in [0.1, 0.15) is 17.3 Å². The summed E-state index contributed by atoms with van der Waals surface area (Å²) in [6, 6.07) is 16.8. The van der Waals surface area contributed by atoms with Gasteiger partial charge in [-0.2, -0.15) is 4.98 Å². The number of carbonyl (C=O) groups is 1. The summed E-state index contributed by atoms with van der Waals surface area (Å²) in [5, 5.41) is 13.3. The van der Waals surface area contributed by atoms with Gasteiger partial charge in [-0.25, -0.2) is 4.98 Å². The van der Waals surface area contributed by atoms with Crippen molar-refractivity contribution in [2.75, 3.05) is 23.1 Å². The van der Waals surface area contributed by atoms with E-state index in [4.69, 9.17) is 9.26 Å². The van der Waals surface area contributed by atoms with E-state index >= 15 is 0 Å². The van der Waals surface area contributed by atoms with Crippen molar-refractivity contribution < 1.29 is 14.1 Å². The number of anilines is 5. The van der Waals surface area contributed by atoms with Crippen LogP contribution in [0.1, 0.15) is 22.7 Å². The van der Waals surface area contributed by atoms with Gasteiger partial charge in [-0.05, 0) is 69.3 Å². The van der Waals surface area contributed by atoms with Crippen LogP contribution in [0.3, 0.4) is 0 Å². The molecule has 34 heavy (non-hydrogen) atoms. The number of amides is 1. The third kappa shape index (κ3) is 5.69. The SMILES string of the molecule is COc1ccc(Nc2cc(C)nc(Nc3ccc(NC(=O)Cc4c(C)noc4C)cc3)n2)cc1. The fourth-order valence-corrected chi connectivity index (χ4v) is 3.40. The van der Waals surface area contributed by atoms with Crippen LogP contribution in [0.5, 0.6) is 5.75 Å². The summed E-state index contributed by atoms with van der Waals surface area (Å²) in [7, 11) is 1.63. The van der Waals surface area contributed by atoms with Gasteiger partial charge in [0, 0.05) is 34.4 Å². The number of nitrogens with one attached hydrogen (secondary N) is 3. The maximum atomic E-state index is 12.4. The van der Waals surface area contributed by atoms with E-state index in [1.807, 2.05) is 68.4 Å². The average Bonchev–Trinajstić information content (AvgIpc) is 3.12. The molecular formula is C25H26N6O3. The molecule has 0 atom stereocenters. The lowest BCUT2D eigenvalue weighted by Crippen LogP contribution is -2.15. The first kappa shape index (κ1) is 22.8. The standard InChI is InChI=1S/C25H26N6O3/c1-15-13-23(27-18-9-11-21(33-4)12-10-18)30-25(26-15)29-20-7-5-19(6-8-20)28-24(32)14-22-16(2)31-34-17(22)3/h5-13H,14H2,1-4H3,(H,28,32)(H2,26,27,29,30). The topological polar surface area (TPSA) is 114 Å². The molecule has 0 spiro atoms. The summed E-state index contributed by atoms with van der Waals surface area (Å²) in [6.07, 6.45) is 0.211. The third-order valence-corrected chi connectivity index (χ3v) is 5.16. The molecule has 2 heterocycles. The van der Waals surface area contributed by atoms with Crippen molar-refractivity contribution >= 4 is 34.7 Å². The molecule has 1 amide bonds. The molecule has 4 aromatic rings. The lowest BCUT2D eigenvalue weighted by Gasteiger charge is -2.11. The van der Waals surface area contributed by atoms with Crippen LogP contribution in [0.25, 0.3) is 0 Å². The van der Waals surface area contributed by atoms with E-state index in [0.717, 1.165) is 34.1 Å². The Hall–Kier alpha value is -4.40. The fraction of sp³-hybridized carbons (Fsp3) is 0.200. The van der Waals surface area contributed by atoms with Crippen molar-refractivity contribution in [2.24, 2.45) is 0 Å². The summed E-state index contributed by atoms with van der Waals surface area (Å²) in [4.78, 5) is 21.4. The predicted molar refractivity (Wildman–Crippen MR) is 131 cm³/mol. The van der Waals surface area contributed by atoms with E-state index in [-0.39, 0.29) is 12.3 Å².